The van der Waals surface area contributed by atoms with Crippen LogP contribution in [-0.2, 0) is 4.74 Å². The van der Waals surface area contributed by atoms with Gasteiger partial charge in [0.05, 0.1) is 12.2 Å². The van der Waals surface area contributed by atoms with Gasteiger partial charge in [-0.15, -0.1) is 11.6 Å². The van der Waals surface area contributed by atoms with Crippen LogP contribution in [0.1, 0.15) is 103 Å². The Morgan fingerprint density at radius 3 is 2.22 bits per heavy atom. The van der Waals surface area contributed by atoms with E-state index >= 15 is 0 Å². The van der Waals surface area contributed by atoms with Gasteiger partial charge in [-0.1, -0.05) is 39.0 Å². The first-order chi connectivity index (χ1) is 13.2. The highest BCUT2D eigenvalue weighted by Gasteiger charge is 2.29. The van der Waals surface area contributed by atoms with Crippen molar-refractivity contribution in [1.29, 1.82) is 0 Å². The Labute approximate surface area is 173 Å². The van der Waals surface area contributed by atoms with E-state index in [2.05, 4.69) is 11.8 Å². The first kappa shape index (κ1) is 21.9. The largest absolute Gasteiger partial charge is 0.375 e. The molecule has 3 fully saturated rings. The summed E-state index contributed by atoms with van der Waals surface area (Å²) in [6.45, 7) is 6.33. The molecule has 0 spiro atoms. The van der Waals surface area contributed by atoms with Crippen LogP contribution in [-0.4, -0.2) is 42.1 Å². The van der Waals surface area contributed by atoms with Crippen LogP contribution in [0.3, 0.4) is 0 Å². The smallest absolute Gasteiger partial charge is 0.0582 e. The van der Waals surface area contributed by atoms with Crippen LogP contribution in [0.2, 0.25) is 0 Å². The Hall–Kier alpha value is 0.210. The van der Waals surface area contributed by atoms with Crippen LogP contribution in [0.25, 0.3) is 0 Å². The number of ether oxygens (including phenoxy) is 1. The maximum absolute atomic E-state index is 6.55. The molecule has 3 aliphatic carbocycles. The first-order valence-electron chi connectivity index (χ1n) is 12.2. The van der Waals surface area contributed by atoms with Crippen LogP contribution in [0.15, 0.2) is 0 Å². The first-order valence-corrected chi connectivity index (χ1v) is 12.7. The lowest BCUT2D eigenvalue weighted by molar-refractivity contribution is -0.0567. The van der Waals surface area contributed by atoms with Gasteiger partial charge >= 0.3 is 0 Å². The fourth-order valence-electron chi connectivity index (χ4n) is 5.70. The number of halogens is 1. The predicted molar refractivity (Wildman–Crippen MR) is 117 cm³/mol. The minimum Gasteiger partial charge on any atom is -0.375 e. The molecule has 0 aromatic carbocycles. The number of hydrogen-bond acceptors (Lipinski definition) is 2. The highest BCUT2D eigenvalue weighted by molar-refractivity contribution is 6.20. The van der Waals surface area contributed by atoms with Crippen molar-refractivity contribution in [3.63, 3.8) is 0 Å². The summed E-state index contributed by atoms with van der Waals surface area (Å²) >= 11 is 6.27. The average molecular weight is 398 g/mol. The molecule has 0 radical (unpaired) electrons. The minimum atomic E-state index is 0.399. The third-order valence-corrected chi connectivity index (χ3v) is 7.75. The Balaban J connectivity index is 1.44. The molecule has 0 amide bonds. The van der Waals surface area contributed by atoms with E-state index in [-0.39, 0.29) is 0 Å². The highest BCUT2D eigenvalue weighted by Crippen LogP contribution is 2.32. The second kappa shape index (κ2) is 12.0. The van der Waals surface area contributed by atoms with E-state index < -0.39 is 0 Å². The third-order valence-electron chi connectivity index (χ3n) is 7.31. The number of rotatable bonds is 9. The lowest BCUT2D eigenvalue weighted by atomic mass is 9.85. The van der Waals surface area contributed by atoms with E-state index in [4.69, 9.17) is 16.3 Å². The van der Waals surface area contributed by atoms with Crippen molar-refractivity contribution < 1.29 is 4.74 Å². The van der Waals surface area contributed by atoms with Gasteiger partial charge in [0.15, 0.2) is 0 Å². The Morgan fingerprint density at radius 2 is 1.48 bits per heavy atom. The summed E-state index contributed by atoms with van der Waals surface area (Å²) in [5.74, 6) is 1.82. The van der Waals surface area contributed by atoms with Crippen molar-refractivity contribution in [1.82, 2.24) is 4.90 Å². The van der Waals surface area contributed by atoms with Crippen LogP contribution in [0.5, 0.6) is 0 Å². The van der Waals surface area contributed by atoms with Gasteiger partial charge in [-0.3, -0.25) is 0 Å². The molecule has 3 rings (SSSR count). The monoisotopic (exact) mass is 397 g/mol. The average Bonchev–Trinajstić information content (AvgIpc) is 2.69. The van der Waals surface area contributed by atoms with Gasteiger partial charge in [0.1, 0.15) is 0 Å². The van der Waals surface area contributed by atoms with Gasteiger partial charge in [0.25, 0.3) is 0 Å². The normalized spacial score (nSPS) is 33.4. The second-order valence-corrected chi connectivity index (χ2v) is 10.4. The van der Waals surface area contributed by atoms with Gasteiger partial charge < -0.3 is 9.64 Å². The summed E-state index contributed by atoms with van der Waals surface area (Å²) in [5, 5.41) is 0.399. The number of unbranched alkanes of at least 4 members (excludes halogenated alkanes) is 1. The quantitative estimate of drug-likeness (QED) is 0.397. The fraction of sp³-hybridized carbons (Fsp3) is 1.00. The molecule has 0 aliphatic heterocycles. The lowest BCUT2D eigenvalue weighted by Gasteiger charge is -2.37. The van der Waals surface area contributed by atoms with Crippen molar-refractivity contribution in [2.45, 2.75) is 121 Å². The maximum atomic E-state index is 6.55. The van der Waals surface area contributed by atoms with E-state index in [0.717, 1.165) is 24.7 Å². The number of alkyl halides is 1. The van der Waals surface area contributed by atoms with E-state index in [1.165, 1.54) is 103 Å². The van der Waals surface area contributed by atoms with Crippen molar-refractivity contribution in [3.8, 4) is 0 Å². The molecule has 0 N–H and O–H groups in total. The summed E-state index contributed by atoms with van der Waals surface area (Å²) < 4.78 is 6.55. The topological polar surface area (TPSA) is 12.5 Å². The molecule has 0 saturated heterocycles. The summed E-state index contributed by atoms with van der Waals surface area (Å²) in [5.41, 5.74) is 0. The molecule has 0 aromatic rings. The zero-order valence-corrected chi connectivity index (χ0v) is 18.6. The molecule has 2 atom stereocenters. The molecule has 2 nitrogen and oxygen atoms in total. The Bertz CT molecular complexity index is 390. The number of hydrogen-bond donors (Lipinski definition) is 0. The SMILES string of the molecule is CCCCN(CC1CCCCC1)CC1CCCC(OC2CCC(Cl)CC2)C1. The zero-order chi connectivity index (χ0) is 18.9. The van der Waals surface area contributed by atoms with Crippen LogP contribution < -0.4 is 0 Å². The molecular formula is C24H44ClNO. The van der Waals surface area contributed by atoms with Gasteiger partial charge in [-0.2, -0.15) is 0 Å². The van der Waals surface area contributed by atoms with Gasteiger partial charge in [0, 0.05) is 18.5 Å². The lowest BCUT2D eigenvalue weighted by Crippen LogP contribution is -2.38. The Morgan fingerprint density at radius 1 is 0.778 bits per heavy atom. The molecular weight excluding hydrogens is 354 g/mol. The molecule has 27 heavy (non-hydrogen) atoms. The third kappa shape index (κ3) is 7.86. The minimum absolute atomic E-state index is 0.399. The van der Waals surface area contributed by atoms with E-state index in [9.17, 15) is 0 Å². The summed E-state index contributed by atoms with van der Waals surface area (Å²) in [6, 6.07) is 0. The molecule has 2 unspecified atom stereocenters. The predicted octanol–water partition coefficient (Wildman–Crippen LogP) is 6.79. The summed E-state index contributed by atoms with van der Waals surface area (Å²) in [6.07, 6.45) is 21.1. The zero-order valence-electron chi connectivity index (χ0n) is 17.8. The molecule has 0 heterocycles. The van der Waals surface area contributed by atoms with Crippen LogP contribution >= 0.6 is 11.6 Å². The molecule has 0 aromatic heterocycles. The van der Waals surface area contributed by atoms with Crippen molar-refractivity contribution >= 4 is 11.6 Å². The fourth-order valence-corrected chi connectivity index (χ4v) is 5.95. The van der Waals surface area contributed by atoms with Crippen LogP contribution in [0, 0.1) is 11.8 Å². The summed E-state index contributed by atoms with van der Waals surface area (Å²) in [7, 11) is 0. The van der Waals surface area contributed by atoms with Crippen LogP contribution in [0.4, 0.5) is 0 Å². The van der Waals surface area contributed by atoms with Gasteiger partial charge in [-0.05, 0) is 82.6 Å². The van der Waals surface area contributed by atoms with E-state index in [0.29, 0.717) is 17.6 Å². The Kier molecular flexibility index (Phi) is 9.76. The van der Waals surface area contributed by atoms with Crippen molar-refractivity contribution in [3.05, 3.63) is 0 Å². The molecule has 158 valence electrons. The van der Waals surface area contributed by atoms with Crippen molar-refractivity contribution in [2.24, 2.45) is 11.8 Å². The van der Waals surface area contributed by atoms with Crippen molar-refractivity contribution in [2.75, 3.05) is 19.6 Å². The number of nitrogens with zero attached hydrogens (tertiary/aromatic N) is 1. The maximum Gasteiger partial charge on any atom is 0.0582 e. The van der Waals surface area contributed by atoms with Gasteiger partial charge in [0.2, 0.25) is 0 Å². The molecule has 3 saturated carbocycles. The molecule has 3 heteroatoms. The highest BCUT2D eigenvalue weighted by atomic mass is 35.5. The van der Waals surface area contributed by atoms with Gasteiger partial charge in [-0.25, -0.2) is 0 Å². The molecule has 0 bridgehead atoms. The second-order valence-electron chi connectivity index (χ2n) is 9.78. The molecule has 3 aliphatic rings. The van der Waals surface area contributed by atoms with E-state index in [1.807, 2.05) is 0 Å². The summed E-state index contributed by atoms with van der Waals surface area (Å²) in [4.78, 5) is 2.84. The standard InChI is InChI=1S/C24H44ClNO/c1-2-3-16-26(18-20-8-5-4-6-9-20)19-21-10-7-11-24(17-21)27-23-14-12-22(25)13-15-23/h20-24H,2-19H2,1H3. The van der Waals surface area contributed by atoms with E-state index in [1.54, 1.807) is 0 Å².